The Morgan fingerprint density at radius 2 is 2.14 bits per heavy atom. The van der Waals surface area contributed by atoms with E-state index in [1.54, 1.807) is 6.92 Å². The molecule has 1 heterocycles. The van der Waals surface area contributed by atoms with Gasteiger partial charge in [-0.25, -0.2) is 4.39 Å². The first-order valence-electron chi connectivity index (χ1n) is 4.04. The Kier molecular flexibility index (Phi) is 1.86. The molecule has 1 aromatic carbocycles. The molecule has 14 heavy (non-hydrogen) atoms. The first-order valence-corrected chi connectivity index (χ1v) is 4.04. The third-order valence-electron chi connectivity index (χ3n) is 2.05. The molecule has 0 amide bonds. The Morgan fingerprint density at radius 1 is 1.36 bits per heavy atom. The van der Waals surface area contributed by atoms with Crippen LogP contribution in [0.15, 0.2) is 18.3 Å². The number of aromatic nitrogens is 2. The van der Waals surface area contributed by atoms with Gasteiger partial charge in [-0.3, -0.25) is 0 Å². The lowest BCUT2D eigenvalue weighted by Gasteiger charge is -2.01. The summed E-state index contributed by atoms with van der Waals surface area (Å²) < 4.78 is 13.1. The maximum Gasteiger partial charge on any atom is 0.125 e. The van der Waals surface area contributed by atoms with Gasteiger partial charge in [-0.2, -0.15) is 15.5 Å². The number of aryl methyl sites for hydroxylation is 1. The first kappa shape index (κ1) is 8.57. The van der Waals surface area contributed by atoms with Crippen LogP contribution < -0.4 is 0 Å². The molecule has 0 spiro atoms. The van der Waals surface area contributed by atoms with Crippen LogP contribution >= 0.6 is 0 Å². The van der Waals surface area contributed by atoms with Crippen LogP contribution in [0.1, 0.15) is 11.3 Å². The highest BCUT2D eigenvalue weighted by atomic mass is 19.1. The van der Waals surface area contributed by atoms with Crippen molar-refractivity contribution in [3.05, 3.63) is 35.4 Å². The normalized spacial score (nSPS) is 10.1. The van der Waals surface area contributed by atoms with E-state index < -0.39 is 5.82 Å². The standard InChI is InChI=1S/C10H6FN3/c1-6-9-3-8(11)2-7(4-12)10(9)5-13-14-6/h2-3,5H,1H3. The van der Waals surface area contributed by atoms with Gasteiger partial charge in [0, 0.05) is 10.8 Å². The molecule has 3 nitrogen and oxygen atoms in total. The summed E-state index contributed by atoms with van der Waals surface area (Å²) in [6.07, 6.45) is 1.47. The Balaban J connectivity index is 2.96. The van der Waals surface area contributed by atoms with Gasteiger partial charge in [0.15, 0.2) is 0 Å². The lowest BCUT2D eigenvalue weighted by atomic mass is 10.1. The number of rotatable bonds is 0. The maximum atomic E-state index is 13.1. The molecule has 0 atom stereocenters. The Hall–Kier alpha value is -2.02. The second kappa shape index (κ2) is 3.04. The van der Waals surface area contributed by atoms with Crippen molar-refractivity contribution in [3.8, 4) is 6.07 Å². The van der Waals surface area contributed by atoms with E-state index in [2.05, 4.69) is 10.2 Å². The summed E-state index contributed by atoms with van der Waals surface area (Å²) in [7, 11) is 0. The zero-order valence-corrected chi connectivity index (χ0v) is 7.45. The van der Waals surface area contributed by atoms with E-state index in [-0.39, 0.29) is 5.56 Å². The Bertz CT molecular complexity index is 543. The SMILES string of the molecule is Cc1nncc2c(C#N)cc(F)cc12. The third-order valence-corrected chi connectivity index (χ3v) is 2.05. The molecule has 2 rings (SSSR count). The van der Waals surface area contributed by atoms with Crippen molar-refractivity contribution >= 4 is 10.8 Å². The second-order valence-electron chi connectivity index (χ2n) is 2.96. The fourth-order valence-corrected chi connectivity index (χ4v) is 1.38. The first-order chi connectivity index (χ1) is 6.72. The van der Waals surface area contributed by atoms with Crippen LogP contribution in [0.25, 0.3) is 10.8 Å². The lowest BCUT2D eigenvalue weighted by Crippen LogP contribution is -1.91. The van der Waals surface area contributed by atoms with E-state index in [4.69, 9.17) is 5.26 Å². The predicted octanol–water partition coefficient (Wildman–Crippen LogP) is 1.95. The molecular formula is C10H6FN3. The number of nitrogens with zero attached hydrogens (tertiary/aromatic N) is 3. The number of nitriles is 1. The Morgan fingerprint density at radius 3 is 2.86 bits per heavy atom. The monoisotopic (exact) mass is 187 g/mol. The van der Waals surface area contributed by atoms with Crippen molar-refractivity contribution in [3.63, 3.8) is 0 Å². The smallest absolute Gasteiger partial charge is 0.125 e. The summed E-state index contributed by atoms with van der Waals surface area (Å²) in [5.41, 5.74) is 0.913. The lowest BCUT2D eigenvalue weighted by molar-refractivity contribution is 0.629. The van der Waals surface area contributed by atoms with Crippen LogP contribution in [-0.4, -0.2) is 10.2 Å². The molecule has 2 aromatic rings. The quantitative estimate of drug-likeness (QED) is 0.633. The van der Waals surface area contributed by atoms with Crippen LogP contribution in [0.3, 0.4) is 0 Å². The fourth-order valence-electron chi connectivity index (χ4n) is 1.38. The molecule has 0 aliphatic carbocycles. The topological polar surface area (TPSA) is 49.6 Å². The summed E-state index contributed by atoms with van der Waals surface area (Å²) in [5.74, 6) is -0.426. The number of benzene rings is 1. The van der Waals surface area contributed by atoms with Crippen molar-refractivity contribution in [1.29, 1.82) is 5.26 Å². The second-order valence-corrected chi connectivity index (χ2v) is 2.96. The fraction of sp³-hybridized carbons (Fsp3) is 0.100. The predicted molar refractivity (Wildman–Crippen MR) is 48.9 cm³/mol. The highest BCUT2D eigenvalue weighted by Gasteiger charge is 2.06. The minimum atomic E-state index is -0.426. The average molecular weight is 187 g/mol. The molecule has 68 valence electrons. The van der Waals surface area contributed by atoms with Gasteiger partial charge in [0.2, 0.25) is 0 Å². The Labute approximate surface area is 79.8 Å². The number of hydrogen-bond donors (Lipinski definition) is 0. The highest BCUT2D eigenvalue weighted by Crippen LogP contribution is 2.20. The van der Waals surface area contributed by atoms with Crippen LogP contribution in [0.5, 0.6) is 0 Å². The average Bonchev–Trinajstić information content (AvgIpc) is 2.18. The maximum absolute atomic E-state index is 13.1. The van der Waals surface area contributed by atoms with Crippen LogP contribution in [0.4, 0.5) is 4.39 Å². The molecule has 0 unspecified atom stereocenters. The van der Waals surface area contributed by atoms with Gasteiger partial charge in [0.1, 0.15) is 5.82 Å². The molecular weight excluding hydrogens is 181 g/mol. The van der Waals surface area contributed by atoms with Gasteiger partial charge in [-0.05, 0) is 19.1 Å². The van der Waals surface area contributed by atoms with Crippen molar-refractivity contribution in [2.24, 2.45) is 0 Å². The molecule has 0 fully saturated rings. The van der Waals surface area contributed by atoms with E-state index in [1.807, 2.05) is 6.07 Å². The molecule has 0 N–H and O–H groups in total. The summed E-state index contributed by atoms with van der Waals surface area (Å²) in [5, 5.41) is 17.6. The number of fused-ring (bicyclic) bond motifs is 1. The minimum Gasteiger partial charge on any atom is -0.207 e. The molecule has 0 aliphatic rings. The van der Waals surface area contributed by atoms with Crippen LogP contribution in [0, 0.1) is 24.1 Å². The molecule has 1 aromatic heterocycles. The van der Waals surface area contributed by atoms with Gasteiger partial charge in [-0.15, -0.1) is 0 Å². The summed E-state index contributed by atoms with van der Waals surface area (Å²) in [6.45, 7) is 1.73. The van der Waals surface area contributed by atoms with Gasteiger partial charge in [0.25, 0.3) is 0 Å². The summed E-state index contributed by atoms with van der Waals surface area (Å²) in [6, 6.07) is 4.49. The molecule has 0 radical (unpaired) electrons. The van der Waals surface area contributed by atoms with Crippen molar-refractivity contribution in [2.45, 2.75) is 6.92 Å². The van der Waals surface area contributed by atoms with Gasteiger partial charge in [-0.1, -0.05) is 0 Å². The molecule has 4 heteroatoms. The van der Waals surface area contributed by atoms with Gasteiger partial charge < -0.3 is 0 Å². The van der Waals surface area contributed by atoms with E-state index in [9.17, 15) is 4.39 Å². The zero-order chi connectivity index (χ0) is 10.1. The third kappa shape index (κ3) is 1.19. The number of hydrogen-bond acceptors (Lipinski definition) is 3. The summed E-state index contributed by atoms with van der Waals surface area (Å²) >= 11 is 0. The summed E-state index contributed by atoms with van der Waals surface area (Å²) in [4.78, 5) is 0. The number of halogens is 1. The van der Waals surface area contributed by atoms with E-state index in [0.717, 1.165) is 0 Å². The van der Waals surface area contributed by atoms with E-state index in [0.29, 0.717) is 16.5 Å². The van der Waals surface area contributed by atoms with E-state index >= 15 is 0 Å². The van der Waals surface area contributed by atoms with Gasteiger partial charge in [0.05, 0.1) is 23.5 Å². The van der Waals surface area contributed by atoms with Crippen molar-refractivity contribution in [2.75, 3.05) is 0 Å². The largest absolute Gasteiger partial charge is 0.207 e. The molecule has 0 aliphatic heterocycles. The van der Waals surface area contributed by atoms with E-state index in [1.165, 1.54) is 18.3 Å². The molecule has 0 bridgehead atoms. The molecule has 0 saturated carbocycles. The minimum absolute atomic E-state index is 0.290. The van der Waals surface area contributed by atoms with Crippen LogP contribution in [0.2, 0.25) is 0 Å². The van der Waals surface area contributed by atoms with Gasteiger partial charge >= 0.3 is 0 Å². The van der Waals surface area contributed by atoms with Crippen LogP contribution in [-0.2, 0) is 0 Å². The zero-order valence-electron chi connectivity index (χ0n) is 7.45. The van der Waals surface area contributed by atoms with Crippen molar-refractivity contribution in [1.82, 2.24) is 10.2 Å². The van der Waals surface area contributed by atoms with Crippen molar-refractivity contribution < 1.29 is 4.39 Å². The molecule has 0 saturated heterocycles. The highest BCUT2D eigenvalue weighted by molar-refractivity contribution is 5.88.